The number of fused-ring (bicyclic) bond motifs is 1. The van der Waals surface area contributed by atoms with Crippen molar-refractivity contribution in [3.63, 3.8) is 0 Å². The number of aliphatic hydroxyl groups is 1. The average molecular weight is 257 g/mol. The number of rotatable bonds is 4. The Kier molecular flexibility index (Phi) is 2.96. The topological polar surface area (TPSA) is 55.5 Å². The molecule has 3 nitrogen and oxygen atoms in total. The van der Waals surface area contributed by atoms with E-state index in [-0.39, 0.29) is 12.0 Å². The monoisotopic (exact) mass is 257 g/mol. The second-order valence-electron chi connectivity index (χ2n) is 5.38. The largest absolute Gasteiger partial charge is 0.496 e. The standard InChI is InChI=1S/C16H19NO2/c1-19-14-7-6-11-4-2-3-5-12(11)15(14)13-8-16(13,9-17)10-18/h2-7,13,18H,8-10,17H2,1H3/t13-,16+/m0/s1. The molecule has 0 heterocycles. The molecule has 2 aromatic rings. The fourth-order valence-electron chi connectivity index (χ4n) is 3.03. The van der Waals surface area contributed by atoms with Crippen molar-refractivity contribution in [3.8, 4) is 5.75 Å². The zero-order valence-corrected chi connectivity index (χ0v) is 11.1. The summed E-state index contributed by atoms with van der Waals surface area (Å²) in [4.78, 5) is 0. The normalized spacial score (nSPS) is 25.5. The van der Waals surface area contributed by atoms with Crippen LogP contribution in [0.3, 0.4) is 0 Å². The summed E-state index contributed by atoms with van der Waals surface area (Å²) in [6, 6.07) is 12.4. The Labute approximate surface area is 113 Å². The van der Waals surface area contributed by atoms with Crippen molar-refractivity contribution in [3.05, 3.63) is 42.0 Å². The average Bonchev–Trinajstić information content (AvgIpc) is 3.20. The van der Waals surface area contributed by atoms with Crippen LogP contribution >= 0.6 is 0 Å². The molecule has 0 bridgehead atoms. The summed E-state index contributed by atoms with van der Waals surface area (Å²) in [7, 11) is 1.69. The van der Waals surface area contributed by atoms with Crippen LogP contribution in [0.15, 0.2) is 36.4 Å². The molecule has 0 saturated heterocycles. The highest BCUT2D eigenvalue weighted by Crippen LogP contribution is 2.61. The molecule has 3 N–H and O–H groups in total. The lowest BCUT2D eigenvalue weighted by molar-refractivity contribution is 0.211. The van der Waals surface area contributed by atoms with Gasteiger partial charge in [-0.25, -0.2) is 0 Å². The lowest BCUT2D eigenvalue weighted by Gasteiger charge is -2.16. The number of benzene rings is 2. The molecule has 0 radical (unpaired) electrons. The van der Waals surface area contributed by atoms with Crippen molar-refractivity contribution >= 4 is 10.8 Å². The molecule has 1 fully saturated rings. The summed E-state index contributed by atoms with van der Waals surface area (Å²) >= 11 is 0. The zero-order valence-electron chi connectivity index (χ0n) is 11.1. The molecule has 1 saturated carbocycles. The summed E-state index contributed by atoms with van der Waals surface area (Å²) in [6.45, 7) is 0.654. The Balaban J connectivity index is 2.17. The molecular formula is C16H19NO2. The first-order valence-corrected chi connectivity index (χ1v) is 6.62. The van der Waals surface area contributed by atoms with E-state index in [4.69, 9.17) is 10.5 Å². The van der Waals surface area contributed by atoms with Gasteiger partial charge in [0.15, 0.2) is 0 Å². The van der Waals surface area contributed by atoms with Crippen molar-refractivity contribution in [2.45, 2.75) is 12.3 Å². The van der Waals surface area contributed by atoms with Crippen LogP contribution < -0.4 is 10.5 Å². The van der Waals surface area contributed by atoms with E-state index in [9.17, 15) is 5.11 Å². The van der Waals surface area contributed by atoms with E-state index < -0.39 is 0 Å². The van der Waals surface area contributed by atoms with Gasteiger partial charge in [-0.15, -0.1) is 0 Å². The lowest BCUT2D eigenvalue weighted by atomic mass is 9.94. The fraction of sp³-hybridized carbons (Fsp3) is 0.375. The predicted molar refractivity (Wildman–Crippen MR) is 76.4 cm³/mol. The van der Waals surface area contributed by atoms with Crippen molar-refractivity contribution in [1.29, 1.82) is 0 Å². The maximum Gasteiger partial charge on any atom is 0.122 e. The Morgan fingerprint density at radius 2 is 2.11 bits per heavy atom. The summed E-state index contributed by atoms with van der Waals surface area (Å²) in [5.41, 5.74) is 6.88. The highest BCUT2D eigenvalue weighted by molar-refractivity contribution is 5.89. The first-order valence-electron chi connectivity index (χ1n) is 6.62. The van der Waals surface area contributed by atoms with Crippen LogP contribution in [0.4, 0.5) is 0 Å². The van der Waals surface area contributed by atoms with Gasteiger partial charge in [0, 0.05) is 17.5 Å². The maximum absolute atomic E-state index is 9.60. The smallest absolute Gasteiger partial charge is 0.122 e. The lowest BCUT2D eigenvalue weighted by Crippen LogP contribution is -2.21. The molecule has 1 aliphatic carbocycles. The first-order chi connectivity index (χ1) is 9.25. The van der Waals surface area contributed by atoms with Crippen molar-refractivity contribution in [2.75, 3.05) is 20.3 Å². The molecule has 2 atom stereocenters. The van der Waals surface area contributed by atoms with Gasteiger partial charge in [-0.05, 0) is 29.2 Å². The molecule has 0 aromatic heterocycles. The highest BCUT2D eigenvalue weighted by atomic mass is 16.5. The SMILES string of the molecule is COc1ccc2ccccc2c1[C@@H]1C[C@@]1(CN)CO. The van der Waals surface area contributed by atoms with Gasteiger partial charge in [0.05, 0.1) is 13.7 Å². The van der Waals surface area contributed by atoms with Gasteiger partial charge in [-0.1, -0.05) is 30.3 Å². The van der Waals surface area contributed by atoms with Gasteiger partial charge in [0.1, 0.15) is 5.75 Å². The molecule has 19 heavy (non-hydrogen) atoms. The summed E-state index contributed by atoms with van der Waals surface area (Å²) in [5, 5.41) is 12.0. The summed E-state index contributed by atoms with van der Waals surface area (Å²) in [6.07, 6.45) is 0.935. The number of nitrogens with two attached hydrogens (primary N) is 1. The van der Waals surface area contributed by atoms with E-state index in [1.54, 1.807) is 7.11 Å². The van der Waals surface area contributed by atoms with Crippen LogP contribution in [0.1, 0.15) is 17.9 Å². The quantitative estimate of drug-likeness (QED) is 0.883. The van der Waals surface area contributed by atoms with Gasteiger partial charge in [0.25, 0.3) is 0 Å². The molecule has 0 amide bonds. The number of hydrogen-bond acceptors (Lipinski definition) is 3. The third-order valence-corrected chi connectivity index (χ3v) is 4.41. The molecule has 0 unspecified atom stereocenters. The molecule has 0 spiro atoms. The van der Waals surface area contributed by atoms with Crippen molar-refractivity contribution in [1.82, 2.24) is 0 Å². The van der Waals surface area contributed by atoms with Crippen molar-refractivity contribution in [2.24, 2.45) is 11.1 Å². The second kappa shape index (κ2) is 4.51. The Hall–Kier alpha value is -1.58. The van der Waals surface area contributed by atoms with Gasteiger partial charge >= 0.3 is 0 Å². The van der Waals surface area contributed by atoms with Crippen LogP contribution in [0.2, 0.25) is 0 Å². The Bertz CT molecular complexity index is 605. The molecule has 1 aliphatic rings. The number of hydrogen-bond donors (Lipinski definition) is 2. The number of aliphatic hydroxyl groups excluding tert-OH is 1. The van der Waals surface area contributed by atoms with Crippen LogP contribution in [0.5, 0.6) is 5.75 Å². The van der Waals surface area contributed by atoms with Gasteiger partial charge in [0.2, 0.25) is 0 Å². The van der Waals surface area contributed by atoms with E-state index in [0.717, 1.165) is 12.2 Å². The highest BCUT2D eigenvalue weighted by Gasteiger charge is 2.54. The van der Waals surface area contributed by atoms with Crippen LogP contribution in [0, 0.1) is 5.41 Å². The van der Waals surface area contributed by atoms with Crippen molar-refractivity contribution < 1.29 is 9.84 Å². The van der Waals surface area contributed by atoms with Crippen LogP contribution in [-0.2, 0) is 0 Å². The Morgan fingerprint density at radius 3 is 2.74 bits per heavy atom. The summed E-state index contributed by atoms with van der Waals surface area (Å²) < 4.78 is 5.51. The minimum Gasteiger partial charge on any atom is -0.496 e. The van der Waals surface area contributed by atoms with E-state index >= 15 is 0 Å². The van der Waals surface area contributed by atoms with Crippen LogP contribution in [-0.4, -0.2) is 25.4 Å². The number of methoxy groups -OCH3 is 1. The third-order valence-electron chi connectivity index (χ3n) is 4.41. The van der Waals surface area contributed by atoms with Gasteiger partial charge < -0.3 is 15.6 Å². The van der Waals surface area contributed by atoms with Gasteiger partial charge in [-0.3, -0.25) is 0 Å². The number of ether oxygens (including phenoxy) is 1. The minimum atomic E-state index is -0.155. The molecule has 3 heteroatoms. The second-order valence-corrected chi connectivity index (χ2v) is 5.38. The molecule has 2 aromatic carbocycles. The Morgan fingerprint density at radius 1 is 1.32 bits per heavy atom. The van der Waals surface area contributed by atoms with E-state index in [2.05, 4.69) is 18.2 Å². The van der Waals surface area contributed by atoms with E-state index in [0.29, 0.717) is 12.5 Å². The molecular weight excluding hydrogens is 238 g/mol. The molecule has 0 aliphatic heterocycles. The molecule has 3 rings (SSSR count). The first kappa shape index (κ1) is 12.5. The zero-order chi connectivity index (χ0) is 13.5. The molecule has 100 valence electrons. The maximum atomic E-state index is 9.60. The van der Waals surface area contributed by atoms with E-state index in [1.807, 2.05) is 18.2 Å². The van der Waals surface area contributed by atoms with Gasteiger partial charge in [-0.2, -0.15) is 0 Å². The predicted octanol–water partition coefficient (Wildman–Crippen LogP) is 2.27. The van der Waals surface area contributed by atoms with E-state index in [1.165, 1.54) is 16.3 Å². The third kappa shape index (κ3) is 1.81. The summed E-state index contributed by atoms with van der Waals surface area (Å²) in [5.74, 6) is 1.19. The minimum absolute atomic E-state index is 0.139. The van der Waals surface area contributed by atoms with Crippen LogP contribution in [0.25, 0.3) is 10.8 Å². The fourth-order valence-corrected chi connectivity index (χ4v) is 3.03.